The van der Waals surface area contributed by atoms with Crippen molar-refractivity contribution in [3.63, 3.8) is 0 Å². The summed E-state index contributed by atoms with van der Waals surface area (Å²) in [7, 11) is 0. The number of aryl methyl sites for hydroxylation is 2. The fourth-order valence-corrected chi connectivity index (χ4v) is 4.21. The summed E-state index contributed by atoms with van der Waals surface area (Å²) in [4.78, 5) is 29.3. The second-order valence-corrected chi connectivity index (χ2v) is 8.91. The minimum Gasteiger partial charge on any atom is -0.483 e. The molecule has 1 fully saturated rings. The van der Waals surface area contributed by atoms with Gasteiger partial charge in [-0.25, -0.2) is 0 Å². The maximum Gasteiger partial charge on any atom is 0.262 e. The number of carbonyl (C=O) groups excluding carboxylic acids is 2. The molecule has 1 aliphatic rings. The first-order valence-corrected chi connectivity index (χ1v) is 12.2. The molecule has 1 heterocycles. The highest BCUT2D eigenvalue weighted by molar-refractivity contribution is 5.94. The van der Waals surface area contributed by atoms with Gasteiger partial charge in [0, 0.05) is 43.1 Å². The minimum absolute atomic E-state index is 0.0385. The molecule has 0 radical (unpaired) electrons. The van der Waals surface area contributed by atoms with Gasteiger partial charge >= 0.3 is 0 Å². The van der Waals surface area contributed by atoms with Crippen molar-refractivity contribution >= 4 is 23.2 Å². The molecule has 35 heavy (non-hydrogen) atoms. The molecule has 2 amide bonds. The second-order valence-electron chi connectivity index (χ2n) is 8.91. The molecule has 1 saturated heterocycles. The Morgan fingerprint density at radius 1 is 0.886 bits per heavy atom. The van der Waals surface area contributed by atoms with E-state index in [1.165, 1.54) is 5.56 Å². The van der Waals surface area contributed by atoms with E-state index in [9.17, 15) is 9.59 Å². The van der Waals surface area contributed by atoms with E-state index in [1.54, 1.807) is 0 Å². The molecule has 0 bridgehead atoms. The number of hydrogen-bond acceptors (Lipinski definition) is 4. The fourth-order valence-electron chi connectivity index (χ4n) is 4.21. The number of carbonyl (C=O) groups is 2. The van der Waals surface area contributed by atoms with Gasteiger partial charge in [-0.3, -0.25) is 9.59 Å². The zero-order valence-corrected chi connectivity index (χ0v) is 20.7. The predicted octanol–water partition coefficient (Wildman–Crippen LogP) is 4.85. The van der Waals surface area contributed by atoms with Gasteiger partial charge in [-0.05, 0) is 79.4 Å². The Bertz CT molecular complexity index is 1160. The van der Waals surface area contributed by atoms with Gasteiger partial charge in [0.1, 0.15) is 5.75 Å². The molecule has 0 aliphatic carbocycles. The first-order chi connectivity index (χ1) is 16.9. The van der Waals surface area contributed by atoms with E-state index in [2.05, 4.69) is 17.1 Å². The lowest BCUT2D eigenvalue weighted by Gasteiger charge is -2.36. The van der Waals surface area contributed by atoms with Crippen molar-refractivity contribution < 1.29 is 14.3 Å². The van der Waals surface area contributed by atoms with Crippen molar-refractivity contribution in [3.8, 4) is 5.75 Å². The molecule has 0 atom stereocenters. The highest BCUT2D eigenvalue weighted by Gasteiger charge is 2.22. The fraction of sp³-hybridized carbons (Fsp3) is 0.310. The summed E-state index contributed by atoms with van der Waals surface area (Å²) in [6.07, 6.45) is 0.969. The van der Waals surface area contributed by atoms with Crippen LogP contribution in [0.2, 0.25) is 0 Å². The summed E-state index contributed by atoms with van der Waals surface area (Å²) < 4.78 is 5.69. The quantitative estimate of drug-likeness (QED) is 0.535. The number of nitrogens with one attached hydrogen (secondary N) is 1. The molecule has 6 nitrogen and oxygen atoms in total. The van der Waals surface area contributed by atoms with E-state index in [4.69, 9.17) is 4.74 Å². The standard InChI is InChI=1S/C29H33N3O3/c1-4-23-8-10-24(11-9-23)29(34)32-18-16-31(17-19-32)26-14-12-25(13-15-26)30-28(33)20-35-27-7-5-6-21(2)22(27)3/h5-15H,4,16-20H2,1-3H3,(H,30,33). The van der Waals surface area contributed by atoms with Gasteiger partial charge in [0.05, 0.1) is 0 Å². The van der Waals surface area contributed by atoms with Crippen molar-refractivity contribution in [3.05, 3.63) is 89.0 Å². The van der Waals surface area contributed by atoms with E-state index in [1.807, 2.05) is 85.5 Å². The number of hydrogen-bond donors (Lipinski definition) is 1. The molecule has 3 aromatic carbocycles. The van der Waals surface area contributed by atoms with E-state index >= 15 is 0 Å². The van der Waals surface area contributed by atoms with Crippen LogP contribution >= 0.6 is 0 Å². The van der Waals surface area contributed by atoms with E-state index in [0.717, 1.165) is 53.3 Å². The number of rotatable bonds is 7. The molecule has 1 aliphatic heterocycles. The molecule has 182 valence electrons. The van der Waals surface area contributed by atoms with Crippen LogP contribution < -0.4 is 15.0 Å². The largest absolute Gasteiger partial charge is 0.483 e. The number of piperazine rings is 1. The summed E-state index contributed by atoms with van der Waals surface area (Å²) >= 11 is 0. The Balaban J connectivity index is 1.26. The van der Waals surface area contributed by atoms with Crippen LogP contribution in [0.4, 0.5) is 11.4 Å². The Morgan fingerprint density at radius 2 is 1.57 bits per heavy atom. The van der Waals surface area contributed by atoms with E-state index in [0.29, 0.717) is 13.1 Å². The number of amides is 2. The summed E-state index contributed by atoms with van der Waals surface area (Å²) in [6, 6.07) is 21.5. The lowest BCUT2D eigenvalue weighted by molar-refractivity contribution is -0.118. The van der Waals surface area contributed by atoms with Crippen molar-refractivity contribution in [1.82, 2.24) is 4.90 Å². The first-order valence-electron chi connectivity index (χ1n) is 12.2. The van der Waals surface area contributed by atoms with Crippen LogP contribution in [-0.4, -0.2) is 49.5 Å². The van der Waals surface area contributed by atoms with Gasteiger partial charge in [-0.2, -0.15) is 0 Å². The molecule has 0 unspecified atom stereocenters. The zero-order chi connectivity index (χ0) is 24.8. The van der Waals surface area contributed by atoms with Gasteiger partial charge in [0.25, 0.3) is 11.8 Å². The maximum atomic E-state index is 12.8. The molecular weight excluding hydrogens is 438 g/mol. The zero-order valence-electron chi connectivity index (χ0n) is 20.7. The molecule has 0 spiro atoms. The van der Waals surface area contributed by atoms with Crippen molar-refractivity contribution in [2.45, 2.75) is 27.2 Å². The lowest BCUT2D eigenvalue weighted by atomic mass is 10.1. The third-order valence-corrected chi connectivity index (χ3v) is 6.61. The van der Waals surface area contributed by atoms with Crippen LogP contribution in [0, 0.1) is 13.8 Å². The topological polar surface area (TPSA) is 61.9 Å². The third kappa shape index (κ3) is 6.01. The molecule has 3 aromatic rings. The van der Waals surface area contributed by atoms with Crippen molar-refractivity contribution in [1.29, 1.82) is 0 Å². The van der Waals surface area contributed by atoms with Crippen LogP contribution in [0.15, 0.2) is 66.7 Å². The Morgan fingerprint density at radius 3 is 2.23 bits per heavy atom. The SMILES string of the molecule is CCc1ccc(C(=O)N2CCN(c3ccc(NC(=O)COc4cccc(C)c4C)cc3)CC2)cc1. The number of ether oxygens (including phenoxy) is 1. The monoisotopic (exact) mass is 471 g/mol. The maximum absolute atomic E-state index is 12.8. The van der Waals surface area contributed by atoms with Gasteiger partial charge in [-0.15, -0.1) is 0 Å². The summed E-state index contributed by atoms with van der Waals surface area (Å²) in [5, 5.41) is 2.89. The van der Waals surface area contributed by atoms with Crippen LogP contribution in [0.3, 0.4) is 0 Å². The normalized spacial score (nSPS) is 13.5. The molecule has 0 saturated carbocycles. The number of anilines is 2. The number of benzene rings is 3. The van der Waals surface area contributed by atoms with E-state index in [-0.39, 0.29) is 18.4 Å². The Hall–Kier alpha value is -3.80. The lowest BCUT2D eigenvalue weighted by Crippen LogP contribution is -2.48. The Kier molecular flexibility index (Phi) is 7.70. The summed E-state index contributed by atoms with van der Waals surface area (Å²) in [6.45, 7) is 8.99. The van der Waals surface area contributed by atoms with Gasteiger partial charge in [-0.1, -0.05) is 31.2 Å². The van der Waals surface area contributed by atoms with Gasteiger partial charge < -0.3 is 19.9 Å². The van der Waals surface area contributed by atoms with Crippen LogP contribution in [0.1, 0.15) is 34.0 Å². The van der Waals surface area contributed by atoms with Crippen molar-refractivity contribution in [2.75, 3.05) is 43.0 Å². The molecular formula is C29H33N3O3. The summed E-state index contributed by atoms with van der Waals surface area (Å²) in [5.41, 5.74) is 5.97. The van der Waals surface area contributed by atoms with Crippen molar-refractivity contribution in [2.24, 2.45) is 0 Å². The Labute approximate surface area is 207 Å². The second kappa shape index (κ2) is 11.1. The molecule has 0 aromatic heterocycles. The van der Waals surface area contributed by atoms with Gasteiger partial charge in [0.2, 0.25) is 0 Å². The van der Waals surface area contributed by atoms with E-state index < -0.39 is 0 Å². The average molecular weight is 472 g/mol. The highest BCUT2D eigenvalue weighted by atomic mass is 16.5. The minimum atomic E-state index is -0.197. The number of nitrogens with zero attached hydrogens (tertiary/aromatic N) is 2. The highest BCUT2D eigenvalue weighted by Crippen LogP contribution is 2.22. The third-order valence-electron chi connectivity index (χ3n) is 6.61. The predicted molar refractivity (Wildman–Crippen MR) is 140 cm³/mol. The molecule has 1 N–H and O–H groups in total. The van der Waals surface area contributed by atoms with Crippen LogP contribution in [0.25, 0.3) is 0 Å². The first kappa shape index (κ1) is 24.3. The summed E-state index contributed by atoms with van der Waals surface area (Å²) in [5.74, 6) is 0.622. The smallest absolute Gasteiger partial charge is 0.262 e. The van der Waals surface area contributed by atoms with Crippen LogP contribution in [0.5, 0.6) is 5.75 Å². The van der Waals surface area contributed by atoms with Crippen LogP contribution in [-0.2, 0) is 11.2 Å². The molecule has 4 rings (SSSR count). The average Bonchev–Trinajstić information content (AvgIpc) is 2.90. The van der Waals surface area contributed by atoms with Gasteiger partial charge in [0.15, 0.2) is 6.61 Å². The molecule has 6 heteroatoms.